The predicted molar refractivity (Wildman–Crippen MR) is 147 cm³/mol. The molecule has 1 amide bonds. The van der Waals surface area contributed by atoms with Crippen molar-refractivity contribution in [3.63, 3.8) is 0 Å². The van der Waals surface area contributed by atoms with Crippen LogP contribution in [0, 0.1) is 34.9 Å². The summed E-state index contributed by atoms with van der Waals surface area (Å²) in [5.41, 5.74) is 8.61. The highest BCUT2D eigenvalue weighted by atomic mass is 32.2. The monoisotopic (exact) mass is 544 g/mol. The van der Waals surface area contributed by atoms with Crippen molar-refractivity contribution in [3.05, 3.63) is 94.8 Å². The van der Waals surface area contributed by atoms with Gasteiger partial charge in [0.25, 0.3) is 0 Å². The summed E-state index contributed by atoms with van der Waals surface area (Å²) >= 11 is 0. The van der Waals surface area contributed by atoms with E-state index in [1.54, 1.807) is 42.5 Å². The molecule has 0 aliphatic heterocycles. The van der Waals surface area contributed by atoms with E-state index >= 15 is 0 Å². The number of amides is 1. The lowest BCUT2D eigenvalue weighted by Gasteiger charge is -2.29. The van der Waals surface area contributed by atoms with Crippen LogP contribution in [-0.2, 0) is 14.8 Å². The Morgan fingerprint density at radius 1 is 0.974 bits per heavy atom. The minimum atomic E-state index is -3.83. The molecular formula is C30H29FN4O3S. The van der Waals surface area contributed by atoms with Gasteiger partial charge in [-0.05, 0) is 80.6 Å². The molecule has 1 fully saturated rings. The van der Waals surface area contributed by atoms with Crippen molar-refractivity contribution in [1.82, 2.24) is 10.0 Å². The second kappa shape index (κ2) is 12.1. The predicted octanol–water partition coefficient (Wildman–Crippen LogP) is 4.39. The number of carbonyl (C=O) groups is 1. The van der Waals surface area contributed by atoms with Crippen molar-refractivity contribution in [3.8, 4) is 17.9 Å². The molecule has 0 bridgehead atoms. The van der Waals surface area contributed by atoms with E-state index < -0.39 is 10.0 Å². The third-order valence-electron chi connectivity index (χ3n) is 6.86. The molecule has 0 spiro atoms. The third-order valence-corrected chi connectivity index (χ3v) is 8.38. The minimum absolute atomic E-state index is 0.0379. The van der Waals surface area contributed by atoms with E-state index in [1.165, 1.54) is 24.3 Å². The molecule has 0 aromatic heterocycles. The molecule has 200 valence electrons. The summed E-state index contributed by atoms with van der Waals surface area (Å²) in [7, 11) is -3.83. The number of nitrogens with zero attached hydrogens (tertiary/aromatic N) is 1. The van der Waals surface area contributed by atoms with Crippen LogP contribution in [0.2, 0.25) is 0 Å². The van der Waals surface area contributed by atoms with E-state index in [2.05, 4.69) is 27.9 Å². The maximum atomic E-state index is 13.2. The van der Waals surface area contributed by atoms with Gasteiger partial charge in [-0.15, -0.1) is 0 Å². The number of carbonyl (C=O) groups excluding carboxylic acids is 1. The van der Waals surface area contributed by atoms with Crippen LogP contribution in [0.25, 0.3) is 0 Å². The second-order valence-corrected chi connectivity index (χ2v) is 11.3. The van der Waals surface area contributed by atoms with Crippen molar-refractivity contribution < 1.29 is 17.6 Å². The number of hydrogen-bond acceptors (Lipinski definition) is 5. The van der Waals surface area contributed by atoms with Gasteiger partial charge in [0.2, 0.25) is 15.9 Å². The van der Waals surface area contributed by atoms with Crippen LogP contribution in [0.1, 0.15) is 60.9 Å². The Labute approximate surface area is 228 Å². The van der Waals surface area contributed by atoms with E-state index in [1.807, 2.05) is 6.92 Å². The Morgan fingerprint density at radius 2 is 1.62 bits per heavy atom. The van der Waals surface area contributed by atoms with Crippen LogP contribution < -0.4 is 15.8 Å². The number of benzene rings is 3. The maximum Gasteiger partial charge on any atom is 0.240 e. The van der Waals surface area contributed by atoms with Gasteiger partial charge in [-0.3, -0.25) is 4.79 Å². The Hall–Kier alpha value is -4.18. The van der Waals surface area contributed by atoms with Crippen molar-refractivity contribution in [2.75, 3.05) is 5.73 Å². The fourth-order valence-electron chi connectivity index (χ4n) is 4.57. The van der Waals surface area contributed by atoms with Crippen LogP contribution in [0.5, 0.6) is 0 Å². The highest BCUT2D eigenvalue weighted by Gasteiger charge is 2.30. The van der Waals surface area contributed by atoms with Crippen LogP contribution in [0.4, 0.5) is 10.1 Å². The summed E-state index contributed by atoms with van der Waals surface area (Å²) in [6.07, 6.45) is 2.16. The fraction of sp³-hybridized carbons (Fsp3) is 0.267. The van der Waals surface area contributed by atoms with Gasteiger partial charge >= 0.3 is 0 Å². The van der Waals surface area contributed by atoms with E-state index in [0.29, 0.717) is 42.4 Å². The SMILES string of the molecule is C[C@@H](NC(=O)[C@H]1CC[C@H](NS(=O)(=O)c2ccc(C#Cc3ccccc3C#N)c(N)c2)CC1)c1ccc(F)cc1. The van der Waals surface area contributed by atoms with Gasteiger partial charge in [-0.25, -0.2) is 17.5 Å². The average Bonchev–Trinajstić information content (AvgIpc) is 2.93. The number of anilines is 1. The molecule has 39 heavy (non-hydrogen) atoms. The number of nitrogens with one attached hydrogen (secondary N) is 2. The number of halogens is 1. The second-order valence-electron chi connectivity index (χ2n) is 9.61. The Bertz CT molecular complexity index is 1560. The van der Waals surface area contributed by atoms with Crippen LogP contribution >= 0.6 is 0 Å². The van der Waals surface area contributed by atoms with Gasteiger partial charge in [0.1, 0.15) is 11.9 Å². The highest BCUT2D eigenvalue weighted by molar-refractivity contribution is 7.89. The first-order chi connectivity index (χ1) is 18.7. The molecule has 4 N–H and O–H groups in total. The molecule has 1 saturated carbocycles. The average molecular weight is 545 g/mol. The van der Waals surface area contributed by atoms with Crippen molar-refractivity contribution >= 4 is 21.6 Å². The van der Waals surface area contributed by atoms with Crippen molar-refractivity contribution in [2.45, 2.75) is 49.6 Å². The Morgan fingerprint density at radius 3 is 2.26 bits per heavy atom. The molecule has 0 unspecified atom stereocenters. The summed E-state index contributed by atoms with van der Waals surface area (Å²) < 4.78 is 41.9. The normalized spacial score (nSPS) is 17.8. The van der Waals surface area contributed by atoms with Gasteiger partial charge in [0.05, 0.1) is 16.5 Å². The quantitative estimate of drug-likeness (QED) is 0.314. The first kappa shape index (κ1) is 27.8. The summed E-state index contributed by atoms with van der Waals surface area (Å²) in [4.78, 5) is 12.8. The highest BCUT2D eigenvalue weighted by Crippen LogP contribution is 2.27. The van der Waals surface area contributed by atoms with E-state index in [-0.39, 0.29) is 40.3 Å². The molecule has 1 aliphatic carbocycles. The molecule has 0 heterocycles. The van der Waals surface area contributed by atoms with E-state index in [9.17, 15) is 22.9 Å². The summed E-state index contributed by atoms with van der Waals surface area (Å²) in [6, 6.07) is 18.9. The lowest BCUT2D eigenvalue weighted by Crippen LogP contribution is -2.41. The van der Waals surface area contributed by atoms with Gasteiger partial charge < -0.3 is 11.1 Å². The number of nitriles is 1. The van der Waals surface area contributed by atoms with Gasteiger partial charge in [0.15, 0.2) is 0 Å². The molecule has 0 saturated heterocycles. The van der Waals surface area contributed by atoms with Crippen LogP contribution in [0.15, 0.2) is 71.6 Å². The molecule has 3 aromatic rings. The Balaban J connectivity index is 1.34. The first-order valence-electron chi connectivity index (χ1n) is 12.6. The largest absolute Gasteiger partial charge is 0.398 e. The molecule has 4 rings (SSSR count). The van der Waals surface area contributed by atoms with Crippen molar-refractivity contribution in [1.29, 1.82) is 5.26 Å². The van der Waals surface area contributed by atoms with Gasteiger partial charge in [-0.1, -0.05) is 36.1 Å². The molecule has 7 nitrogen and oxygen atoms in total. The molecular weight excluding hydrogens is 515 g/mol. The lowest BCUT2D eigenvalue weighted by atomic mass is 9.85. The maximum absolute atomic E-state index is 13.2. The summed E-state index contributed by atoms with van der Waals surface area (Å²) in [5, 5.41) is 12.2. The van der Waals surface area contributed by atoms with Crippen LogP contribution in [0.3, 0.4) is 0 Å². The lowest BCUT2D eigenvalue weighted by molar-refractivity contribution is -0.126. The van der Waals surface area contributed by atoms with E-state index in [0.717, 1.165) is 5.56 Å². The summed E-state index contributed by atoms with van der Waals surface area (Å²) in [5.74, 6) is 5.19. The fourth-order valence-corrected chi connectivity index (χ4v) is 5.91. The number of rotatable bonds is 6. The molecule has 3 aromatic carbocycles. The zero-order chi connectivity index (χ0) is 28.0. The molecule has 0 radical (unpaired) electrons. The number of nitrogen functional groups attached to an aromatic ring is 1. The minimum Gasteiger partial charge on any atom is -0.398 e. The topological polar surface area (TPSA) is 125 Å². The zero-order valence-electron chi connectivity index (χ0n) is 21.4. The van der Waals surface area contributed by atoms with Crippen LogP contribution in [-0.4, -0.2) is 20.4 Å². The number of hydrogen-bond donors (Lipinski definition) is 3. The standard InChI is InChI=1S/C30H29FN4O3S/c1-20(21-8-13-26(31)14-9-21)34-30(36)24-10-15-27(16-11-24)35-39(37,38)28-17-12-23(29(33)18-28)7-6-22-4-2-3-5-25(22)19-32/h2-5,8-9,12-14,17-18,20,24,27,35H,10-11,15-16,33H2,1H3,(H,34,36)/t20-,24-,27-/m1/s1. The van der Waals surface area contributed by atoms with E-state index in [4.69, 9.17) is 5.73 Å². The Kier molecular flexibility index (Phi) is 8.65. The molecule has 1 aliphatic rings. The number of sulfonamides is 1. The zero-order valence-corrected chi connectivity index (χ0v) is 22.3. The third kappa shape index (κ3) is 7.02. The van der Waals surface area contributed by atoms with Crippen molar-refractivity contribution in [2.24, 2.45) is 5.92 Å². The summed E-state index contributed by atoms with van der Waals surface area (Å²) in [6.45, 7) is 1.85. The van der Waals surface area contributed by atoms with Gasteiger partial charge in [0, 0.05) is 28.8 Å². The molecule has 9 heteroatoms. The van der Waals surface area contributed by atoms with Gasteiger partial charge in [-0.2, -0.15) is 5.26 Å². The molecule has 1 atom stereocenters. The smallest absolute Gasteiger partial charge is 0.240 e. The number of nitrogens with two attached hydrogens (primary N) is 1. The first-order valence-corrected chi connectivity index (χ1v) is 14.1.